The van der Waals surface area contributed by atoms with Crippen LogP contribution in [0.3, 0.4) is 0 Å². The molecule has 1 aromatic rings. The van der Waals surface area contributed by atoms with Gasteiger partial charge in [-0.05, 0) is 49.9 Å². The number of nitrogens with one attached hydrogen (secondary N) is 2. The molecule has 0 saturated carbocycles. The number of rotatable bonds is 7. The Morgan fingerprint density at radius 3 is 2.47 bits per heavy atom. The molecular formula is C13H22N2O2S2. The Morgan fingerprint density at radius 1 is 1.21 bits per heavy atom. The predicted molar refractivity (Wildman–Crippen MR) is 82.3 cm³/mol. The highest BCUT2D eigenvalue weighted by molar-refractivity contribution is 7.98. The fourth-order valence-electron chi connectivity index (χ4n) is 1.90. The van der Waals surface area contributed by atoms with E-state index in [1.54, 1.807) is 17.8 Å². The van der Waals surface area contributed by atoms with E-state index in [-0.39, 0.29) is 0 Å². The van der Waals surface area contributed by atoms with E-state index >= 15 is 0 Å². The van der Waals surface area contributed by atoms with Crippen molar-refractivity contribution >= 4 is 21.8 Å². The summed E-state index contributed by atoms with van der Waals surface area (Å²) in [5.41, 5.74) is 2.90. The second-order valence-electron chi connectivity index (χ2n) is 4.47. The highest BCUT2D eigenvalue weighted by Gasteiger charge is 2.17. The van der Waals surface area contributed by atoms with Crippen LogP contribution in [0, 0.1) is 13.8 Å². The van der Waals surface area contributed by atoms with Gasteiger partial charge in [0.15, 0.2) is 0 Å². The number of thioether (sulfide) groups is 1. The number of aryl methyl sites for hydroxylation is 2. The molecule has 0 atom stereocenters. The van der Waals surface area contributed by atoms with Crippen molar-refractivity contribution in [2.45, 2.75) is 25.3 Å². The summed E-state index contributed by atoms with van der Waals surface area (Å²) in [6.07, 6.45) is 1.95. The summed E-state index contributed by atoms with van der Waals surface area (Å²) in [4.78, 5) is 0.379. The van der Waals surface area contributed by atoms with Gasteiger partial charge < -0.3 is 5.32 Å². The highest BCUT2D eigenvalue weighted by atomic mass is 32.2. The molecular weight excluding hydrogens is 280 g/mol. The molecule has 0 aliphatic heterocycles. The zero-order valence-electron chi connectivity index (χ0n) is 11.9. The van der Waals surface area contributed by atoms with Gasteiger partial charge in [-0.2, -0.15) is 11.8 Å². The SMILES string of the molecule is CNCc1cc(S(=O)(=O)NCCSC)c(C)cc1C. The maximum atomic E-state index is 12.3. The van der Waals surface area contributed by atoms with Crippen molar-refractivity contribution in [2.75, 3.05) is 25.6 Å². The average Bonchev–Trinajstić information content (AvgIpc) is 2.32. The van der Waals surface area contributed by atoms with E-state index in [0.717, 1.165) is 22.4 Å². The minimum absolute atomic E-state index is 0.379. The molecule has 0 saturated heterocycles. The van der Waals surface area contributed by atoms with Crippen LogP contribution in [0.1, 0.15) is 16.7 Å². The van der Waals surface area contributed by atoms with Crippen LogP contribution >= 0.6 is 11.8 Å². The van der Waals surface area contributed by atoms with Crippen LogP contribution in [0.15, 0.2) is 17.0 Å². The summed E-state index contributed by atoms with van der Waals surface area (Å²) in [7, 11) is -1.56. The van der Waals surface area contributed by atoms with E-state index in [4.69, 9.17) is 0 Å². The lowest BCUT2D eigenvalue weighted by Gasteiger charge is -2.13. The zero-order valence-corrected chi connectivity index (χ0v) is 13.5. The smallest absolute Gasteiger partial charge is 0.240 e. The first-order valence-corrected chi connectivity index (χ1v) is 9.03. The second-order valence-corrected chi connectivity index (χ2v) is 7.19. The molecule has 0 aliphatic carbocycles. The molecule has 0 radical (unpaired) electrons. The lowest BCUT2D eigenvalue weighted by molar-refractivity contribution is 0.583. The Kier molecular flexibility index (Phi) is 6.32. The molecule has 2 N–H and O–H groups in total. The molecule has 0 aromatic heterocycles. The van der Waals surface area contributed by atoms with Gasteiger partial charge in [-0.1, -0.05) is 6.07 Å². The van der Waals surface area contributed by atoms with Crippen LogP contribution < -0.4 is 10.0 Å². The van der Waals surface area contributed by atoms with Gasteiger partial charge >= 0.3 is 0 Å². The third-order valence-electron chi connectivity index (χ3n) is 2.89. The third kappa shape index (κ3) is 4.49. The van der Waals surface area contributed by atoms with Gasteiger partial charge in [-0.15, -0.1) is 0 Å². The monoisotopic (exact) mass is 302 g/mol. The van der Waals surface area contributed by atoms with Gasteiger partial charge in [0.25, 0.3) is 0 Å². The van der Waals surface area contributed by atoms with Crippen molar-refractivity contribution in [3.8, 4) is 0 Å². The van der Waals surface area contributed by atoms with Crippen molar-refractivity contribution in [2.24, 2.45) is 0 Å². The van der Waals surface area contributed by atoms with E-state index in [1.165, 1.54) is 0 Å². The maximum absolute atomic E-state index is 12.3. The van der Waals surface area contributed by atoms with Gasteiger partial charge in [0.05, 0.1) is 4.90 Å². The summed E-state index contributed by atoms with van der Waals surface area (Å²) in [5.74, 6) is 0.771. The fourth-order valence-corrected chi connectivity index (χ4v) is 3.64. The van der Waals surface area contributed by atoms with Crippen LogP contribution in [0.5, 0.6) is 0 Å². The zero-order chi connectivity index (χ0) is 14.5. The molecule has 108 valence electrons. The first-order chi connectivity index (χ1) is 8.92. The summed E-state index contributed by atoms with van der Waals surface area (Å²) >= 11 is 1.62. The highest BCUT2D eigenvalue weighted by Crippen LogP contribution is 2.20. The largest absolute Gasteiger partial charge is 0.316 e. The van der Waals surface area contributed by atoms with E-state index in [1.807, 2.05) is 33.2 Å². The number of hydrogen-bond acceptors (Lipinski definition) is 4. The van der Waals surface area contributed by atoms with Gasteiger partial charge in [0.2, 0.25) is 10.0 Å². The molecule has 0 spiro atoms. The van der Waals surface area contributed by atoms with Crippen LogP contribution in [-0.2, 0) is 16.6 Å². The molecule has 4 nitrogen and oxygen atoms in total. The minimum atomic E-state index is -3.41. The summed E-state index contributed by atoms with van der Waals surface area (Å²) in [6, 6.07) is 3.69. The Hall–Kier alpha value is -0.560. The van der Waals surface area contributed by atoms with Crippen LogP contribution in [0.4, 0.5) is 0 Å². The summed E-state index contributed by atoms with van der Waals surface area (Å²) in [6.45, 7) is 4.95. The van der Waals surface area contributed by atoms with Gasteiger partial charge in [0, 0.05) is 18.8 Å². The average molecular weight is 302 g/mol. The van der Waals surface area contributed by atoms with Crippen LogP contribution in [0.25, 0.3) is 0 Å². The normalized spacial score (nSPS) is 11.8. The molecule has 0 fully saturated rings. The second kappa shape index (κ2) is 7.28. The topological polar surface area (TPSA) is 58.2 Å². The molecule has 0 aliphatic rings. The first-order valence-electron chi connectivity index (χ1n) is 6.15. The Balaban J connectivity index is 3.08. The van der Waals surface area contributed by atoms with E-state index in [9.17, 15) is 8.42 Å². The standard InChI is InChI=1S/C13H22N2O2S2/c1-10-7-11(2)13(8-12(10)9-14-3)19(16,17)15-5-6-18-4/h7-8,14-15H,5-6,9H2,1-4H3. The lowest BCUT2D eigenvalue weighted by atomic mass is 10.1. The van der Waals surface area contributed by atoms with Crippen molar-refractivity contribution in [3.05, 3.63) is 28.8 Å². The fraction of sp³-hybridized carbons (Fsp3) is 0.538. The molecule has 1 aromatic carbocycles. The van der Waals surface area contributed by atoms with E-state index < -0.39 is 10.0 Å². The van der Waals surface area contributed by atoms with Crippen molar-refractivity contribution in [1.82, 2.24) is 10.0 Å². The minimum Gasteiger partial charge on any atom is -0.316 e. The molecule has 0 unspecified atom stereocenters. The van der Waals surface area contributed by atoms with E-state index in [2.05, 4.69) is 10.0 Å². The van der Waals surface area contributed by atoms with Gasteiger partial charge in [0.1, 0.15) is 0 Å². The first kappa shape index (κ1) is 16.5. The summed E-state index contributed by atoms with van der Waals surface area (Å²) in [5, 5.41) is 3.06. The third-order valence-corrected chi connectivity index (χ3v) is 5.10. The van der Waals surface area contributed by atoms with Gasteiger partial charge in [-0.25, -0.2) is 13.1 Å². The van der Waals surface area contributed by atoms with Crippen molar-refractivity contribution in [3.63, 3.8) is 0 Å². The van der Waals surface area contributed by atoms with Crippen molar-refractivity contribution < 1.29 is 8.42 Å². The lowest BCUT2D eigenvalue weighted by Crippen LogP contribution is -2.27. The van der Waals surface area contributed by atoms with Crippen LogP contribution in [-0.4, -0.2) is 34.0 Å². The molecule has 6 heteroatoms. The van der Waals surface area contributed by atoms with E-state index in [0.29, 0.717) is 18.0 Å². The molecule has 0 amide bonds. The Morgan fingerprint density at radius 2 is 1.89 bits per heavy atom. The molecule has 0 bridgehead atoms. The predicted octanol–water partition coefficient (Wildman–Crippen LogP) is 1.66. The molecule has 1 rings (SSSR count). The Bertz CT molecular complexity index is 528. The quantitative estimate of drug-likeness (QED) is 0.752. The number of benzene rings is 1. The molecule has 19 heavy (non-hydrogen) atoms. The van der Waals surface area contributed by atoms with Crippen molar-refractivity contribution in [1.29, 1.82) is 0 Å². The Labute approximate surface area is 120 Å². The maximum Gasteiger partial charge on any atom is 0.240 e. The number of hydrogen-bond donors (Lipinski definition) is 2. The molecule has 0 heterocycles. The number of sulfonamides is 1. The summed E-state index contributed by atoms with van der Waals surface area (Å²) < 4.78 is 27.1. The van der Waals surface area contributed by atoms with Gasteiger partial charge in [-0.3, -0.25) is 0 Å². The van der Waals surface area contributed by atoms with Crippen LogP contribution in [0.2, 0.25) is 0 Å².